The molecule has 4 rings (SSSR count). The molecule has 0 unspecified atom stereocenters. The Morgan fingerprint density at radius 1 is 1.07 bits per heavy atom. The highest BCUT2D eigenvalue weighted by Gasteiger charge is 2.11. The zero-order valence-corrected chi connectivity index (χ0v) is 16.6. The molecule has 0 atom stereocenters. The van der Waals surface area contributed by atoms with E-state index in [9.17, 15) is 0 Å². The second-order valence-electron chi connectivity index (χ2n) is 5.66. The van der Waals surface area contributed by atoms with Gasteiger partial charge in [-0.05, 0) is 48.9 Å². The summed E-state index contributed by atoms with van der Waals surface area (Å²) in [4.78, 5) is 0. The summed E-state index contributed by atoms with van der Waals surface area (Å²) < 4.78 is 6.53. The van der Waals surface area contributed by atoms with E-state index in [0.717, 1.165) is 20.7 Å². The summed E-state index contributed by atoms with van der Waals surface area (Å²) in [5.41, 5.74) is 3.02. The third-order valence-electron chi connectivity index (χ3n) is 3.55. The van der Waals surface area contributed by atoms with Crippen molar-refractivity contribution in [2.75, 3.05) is 5.32 Å². The highest BCUT2D eigenvalue weighted by molar-refractivity contribution is 8.00. The van der Waals surface area contributed by atoms with Crippen LogP contribution in [0.5, 0.6) is 0 Å². The van der Waals surface area contributed by atoms with Gasteiger partial charge in [-0.25, -0.2) is 0 Å². The number of benzene rings is 2. The molecule has 1 N–H and O–H groups in total. The molecule has 136 valence electrons. The minimum Gasteiger partial charge on any atom is -0.420 e. The van der Waals surface area contributed by atoms with Gasteiger partial charge in [-0.1, -0.05) is 46.8 Å². The van der Waals surface area contributed by atoms with Crippen molar-refractivity contribution in [3.63, 3.8) is 0 Å². The van der Waals surface area contributed by atoms with E-state index in [0.29, 0.717) is 22.6 Å². The van der Waals surface area contributed by atoms with Crippen molar-refractivity contribution >= 4 is 45.5 Å². The smallest absolute Gasteiger partial charge is 0.247 e. The number of hydrogen-bond acceptors (Lipinski definition) is 8. The average Bonchev–Trinajstić information content (AvgIpc) is 3.30. The van der Waals surface area contributed by atoms with Crippen LogP contribution in [0.2, 0.25) is 5.02 Å². The topological polar surface area (TPSA) is 76.7 Å². The molecule has 0 aliphatic carbocycles. The van der Waals surface area contributed by atoms with E-state index in [1.54, 1.807) is 12.1 Å². The first-order chi connectivity index (χ1) is 13.2. The summed E-state index contributed by atoms with van der Waals surface area (Å²) in [6.07, 6.45) is 0. The molecule has 0 radical (unpaired) electrons. The van der Waals surface area contributed by atoms with Gasteiger partial charge in [0.1, 0.15) is 0 Å². The van der Waals surface area contributed by atoms with Crippen molar-refractivity contribution in [2.24, 2.45) is 0 Å². The second-order valence-corrected chi connectivity index (χ2v) is 8.30. The minimum atomic E-state index is 0.473. The summed E-state index contributed by atoms with van der Waals surface area (Å²) in [6.45, 7) is 2.05. The quantitative estimate of drug-likeness (QED) is 0.411. The first kappa shape index (κ1) is 18.0. The van der Waals surface area contributed by atoms with Gasteiger partial charge < -0.3 is 9.73 Å². The molecule has 0 aliphatic heterocycles. The van der Waals surface area contributed by atoms with Crippen LogP contribution in [-0.4, -0.2) is 20.4 Å². The number of halogens is 1. The van der Waals surface area contributed by atoms with E-state index in [1.807, 2.05) is 24.3 Å². The molecule has 0 amide bonds. The molecule has 0 fully saturated rings. The molecule has 0 saturated heterocycles. The lowest BCUT2D eigenvalue weighted by atomic mass is 10.2. The Kier molecular flexibility index (Phi) is 5.38. The average molecular weight is 416 g/mol. The molecule has 4 aromatic rings. The predicted molar refractivity (Wildman–Crippen MR) is 109 cm³/mol. The van der Waals surface area contributed by atoms with E-state index < -0.39 is 0 Å². The van der Waals surface area contributed by atoms with Gasteiger partial charge in [-0.2, -0.15) is 0 Å². The minimum absolute atomic E-state index is 0.473. The fourth-order valence-electron chi connectivity index (χ4n) is 2.31. The van der Waals surface area contributed by atoms with Crippen LogP contribution in [0.4, 0.5) is 10.8 Å². The third-order valence-corrected chi connectivity index (χ3v) is 5.76. The standard InChI is InChI=1S/C18H14ClN5OS2/c1-11-3-2-4-14(9-11)20-17-23-24-18(27-17)26-10-15-21-22-16(25-15)12-5-7-13(19)8-6-12/h2-9H,10H2,1H3,(H,20,23). The van der Waals surface area contributed by atoms with Gasteiger partial charge in [0.05, 0.1) is 5.75 Å². The lowest BCUT2D eigenvalue weighted by Crippen LogP contribution is -1.89. The Morgan fingerprint density at radius 3 is 2.74 bits per heavy atom. The lowest BCUT2D eigenvalue weighted by Gasteiger charge is -2.01. The predicted octanol–water partition coefficient (Wildman–Crippen LogP) is 5.59. The SMILES string of the molecule is Cc1cccc(Nc2nnc(SCc3nnc(-c4ccc(Cl)cc4)o3)s2)c1. The molecule has 2 aromatic heterocycles. The van der Waals surface area contributed by atoms with Crippen LogP contribution in [0.1, 0.15) is 11.5 Å². The first-order valence-electron chi connectivity index (χ1n) is 8.04. The van der Waals surface area contributed by atoms with Crippen LogP contribution >= 0.6 is 34.7 Å². The van der Waals surface area contributed by atoms with Crippen molar-refractivity contribution in [3.05, 3.63) is 65.0 Å². The van der Waals surface area contributed by atoms with Gasteiger partial charge in [0.2, 0.25) is 16.9 Å². The van der Waals surface area contributed by atoms with Crippen LogP contribution in [0, 0.1) is 6.92 Å². The lowest BCUT2D eigenvalue weighted by molar-refractivity contribution is 0.528. The molecular weight excluding hydrogens is 402 g/mol. The first-order valence-corrected chi connectivity index (χ1v) is 10.2. The number of aromatic nitrogens is 4. The fourth-order valence-corrected chi connectivity index (χ4v) is 4.04. The summed E-state index contributed by atoms with van der Waals surface area (Å²) in [6, 6.07) is 15.4. The van der Waals surface area contributed by atoms with Crippen molar-refractivity contribution in [3.8, 4) is 11.5 Å². The van der Waals surface area contributed by atoms with Gasteiger partial charge in [-0.15, -0.1) is 20.4 Å². The number of hydrogen-bond donors (Lipinski definition) is 1. The molecule has 2 aromatic carbocycles. The highest BCUT2D eigenvalue weighted by Crippen LogP contribution is 2.30. The molecule has 27 heavy (non-hydrogen) atoms. The van der Waals surface area contributed by atoms with Crippen molar-refractivity contribution in [1.82, 2.24) is 20.4 Å². The molecule has 0 bridgehead atoms. The maximum Gasteiger partial charge on any atom is 0.247 e. The Labute approximate surface area is 169 Å². The second kappa shape index (κ2) is 8.08. The van der Waals surface area contributed by atoms with Crippen LogP contribution in [0.3, 0.4) is 0 Å². The summed E-state index contributed by atoms with van der Waals surface area (Å²) in [5, 5.41) is 21.2. The van der Waals surface area contributed by atoms with Gasteiger partial charge in [0.15, 0.2) is 4.34 Å². The zero-order chi connectivity index (χ0) is 18.6. The van der Waals surface area contributed by atoms with Crippen molar-refractivity contribution < 1.29 is 4.42 Å². The van der Waals surface area contributed by atoms with Crippen LogP contribution in [-0.2, 0) is 5.75 Å². The molecular formula is C18H14ClN5OS2. The number of nitrogens with zero attached hydrogens (tertiary/aromatic N) is 4. The zero-order valence-electron chi connectivity index (χ0n) is 14.2. The molecule has 0 saturated carbocycles. The van der Waals surface area contributed by atoms with Gasteiger partial charge in [-0.3, -0.25) is 0 Å². The van der Waals surface area contributed by atoms with Gasteiger partial charge >= 0.3 is 0 Å². The van der Waals surface area contributed by atoms with Crippen LogP contribution < -0.4 is 5.32 Å². The van der Waals surface area contributed by atoms with E-state index >= 15 is 0 Å². The van der Waals surface area contributed by atoms with Crippen LogP contribution in [0.25, 0.3) is 11.5 Å². The van der Waals surface area contributed by atoms with E-state index in [2.05, 4.69) is 44.8 Å². The monoisotopic (exact) mass is 415 g/mol. The Balaban J connectivity index is 1.37. The Bertz CT molecular complexity index is 1050. The highest BCUT2D eigenvalue weighted by atomic mass is 35.5. The summed E-state index contributed by atoms with van der Waals surface area (Å²) >= 11 is 8.89. The molecule has 0 aliphatic rings. The normalized spacial score (nSPS) is 10.9. The Morgan fingerprint density at radius 2 is 1.93 bits per heavy atom. The molecule has 0 spiro atoms. The number of aryl methyl sites for hydroxylation is 1. The number of anilines is 2. The largest absolute Gasteiger partial charge is 0.420 e. The van der Waals surface area contributed by atoms with Crippen molar-refractivity contribution in [2.45, 2.75) is 17.0 Å². The fraction of sp³-hybridized carbons (Fsp3) is 0.111. The summed E-state index contributed by atoms with van der Waals surface area (Å²) in [7, 11) is 0. The maximum absolute atomic E-state index is 5.90. The van der Waals surface area contributed by atoms with E-state index in [4.69, 9.17) is 16.0 Å². The maximum atomic E-state index is 5.90. The molecule has 2 heterocycles. The number of rotatable bonds is 6. The number of thioether (sulfide) groups is 1. The van der Waals surface area contributed by atoms with Crippen LogP contribution in [0.15, 0.2) is 57.3 Å². The molecule has 6 nitrogen and oxygen atoms in total. The van der Waals surface area contributed by atoms with E-state index in [1.165, 1.54) is 28.7 Å². The summed E-state index contributed by atoms with van der Waals surface area (Å²) in [5.74, 6) is 1.54. The van der Waals surface area contributed by atoms with Crippen molar-refractivity contribution in [1.29, 1.82) is 0 Å². The van der Waals surface area contributed by atoms with Gasteiger partial charge in [0, 0.05) is 16.3 Å². The van der Waals surface area contributed by atoms with Gasteiger partial charge in [0.25, 0.3) is 0 Å². The molecule has 9 heteroatoms. The number of nitrogens with one attached hydrogen (secondary N) is 1. The third kappa shape index (κ3) is 4.65. The Hall–Kier alpha value is -2.42. The van der Waals surface area contributed by atoms with E-state index in [-0.39, 0.29) is 0 Å².